The monoisotopic (exact) mass is 377 g/mol. The molecule has 0 spiro atoms. The molecule has 0 radical (unpaired) electrons. The highest BCUT2D eigenvalue weighted by Gasteiger charge is 2.22. The van der Waals surface area contributed by atoms with Gasteiger partial charge in [0.15, 0.2) is 0 Å². The molecular weight excluding hydrogens is 350 g/mol. The SMILES string of the molecule is C[C@@H](CC(=O)Cc1cc2c(cn1)C(NC1CCOCC1)=NC2)c1ccccc1. The van der Waals surface area contributed by atoms with Gasteiger partial charge in [0.1, 0.15) is 11.6 Å². The highest BCUT2D eigenvalue weighted by atomic mass is 16.5. The minimum absolute atomic E-state index is 0.224. The molecule has 5 heteroatoms. The zero-order valence-electron chi connectivity index (χ0n) is 16.4. The van der Waals surface area contributed by atoms with E-state index in [1.54, 1.807) is 0 Å². The minimum atomic E-state index is 0.224. The summed E-state index contributed by atoms with van der Waals surface area (Å²) in [5.41, 5.74) is 4.27. The molecule has 2 aliphatic heterocycles. The van der Waals surface area contributed by atoms with Crippen molar-refractivity contribution in [2.45, 2.75) is 51.1 Å². The second-order valence-electron chi connectivity index (χ2n) is 7.76. The van der Waals surface area contributed by atoms with Crippen molar-refractivity contribution in [3.05, 3.63) is 65.0 Å². The normalized spacial score (nSPS) is 17.7. The first kappa shape index (κ1) is 18.8. The van der Waals surface area contributed by atoms with E-state index < -0.39 is 0 Å². The van der Waals surface area contributed by atoms with Gasteiger partial charge in [0.25, 0.3) is 0 Å². The zero-order valence-corrected chi connectivity index (χ0v) is 16.4. The molecule has 1 aromatic carbocycles. The van der Waals surface area contributed by atoms with Crippen LogP contribution in [0.25, 0.3) is 0 Å². The van der Waals surface area contributed by atoms with E-state index in [4.69, 9.17) is 4.74 Å². The number of Topliss-reactive ketones (excluding diaryl/α,β-unsaturated/α-hetero) is 1. The lowest BCUT2D eigenvalue weighted by Crippen LogP contribution is -2.38. The number of pyridine rings is 1. The summed E-state index contributed by atoms with van der Waals surface area (Å²) in [6.45, 7) is 4.37. The summed E-state index contributed by atoms with van der Waals surface area (Å²) in [5.74, 6) is 1.38. The number of carbonyl (C=O) groups excluding carboxylic acids is 1. The zero-order chi connectivity index (χ0) is 19.3. The van der Waals surface area contributed by atoms with E-state index in [0.29, 0.717) is 25.4 Å². The number of hydrogen-bond acceptors (Lipinski definition) is 5. The maximum atomic E-state index is 12.5. The summed E-state index contributed by atoms with van der Waals surface area (Å²) in [6.07, 6.45) is 4.81. The van der Waals surface area contributed by atoms with Crippen molar-refractivity contribution in [1.29, 1.82) is 0 Å². The molecule has 1 fully saturated rings. The molecule has 0 saturated carbocycles. The number of benzene rings is 1. The Morgan fingerprint density at radius 3 is 2.82 bits per heavy atom. The molecule has 1 aromatic heterocycles. The number of nitrogens with zero attached hydrogens (tertiary/aromatic N) is 2. The molecule has 0 amide bonds. The van der Waals surface area contributed by atoms with E-state index in [1.807, 2.05) is 30.5 Å². The molecular formula is C23H27N3O2. The second-order valence-corrected chi connectivity index (χ2v) is 7.76. The Hall–Kier alpha value is -2.53. The van der Waals surface area contributed by atoms with Crippen molar-refractivity contribution >= 4 is 11.6 Å². The van der Waals surface area contributed by atoms with E-state index in [0.717, 1.165) is 48.7 Å². The maximum Gasteiger partial charge on any atom is 0.139 e. The number of aliphatic imine (C=N–C) groups is 1. The van der Waals surface area contributed by atoms with Gasteiger partial charge in [-0.15, -0.1) is 0 Å². The third kappa shape index (κ3) is 4.47. The fraction of sp³-hybridized carbons (Fsp3) is 0.435. The molecule has 146 valence electrons. The van der Waals surface area contributed by atoms with Crippen LogP contribution in [0.3, 0.4) is 0 Å². The molecule has 1 saturated heterocycles. The van der Waals surface area contributed by atoms with Crippen LogP contribution in [0.5, 0.6) is 0 Å². The number of aromatic nitrogens is 1. The Kier molecular flexibility index (Phi) is 5.81. The van der Waals surface area contributed by atoms with Crippen LogP contribution in [0.15, 0.2) is 47.6 Å². The first-order valence-corrected chi connectivity index (χ1v) is 10.1. The predicted molar refractivity (Wildman–Crippen MR) is 110 cm³/mol. The average Bonchev–Trinajstić information content (AvgIpc) is 3.11. The average molecular weight is 377 g/mol. The van der Waals surface area contributed by atoms with Gasteiger partial charge in [-0.1, -0.05) is 37.3 Å². The Morgan fingerprint density at radius 1 is 1.25 bits per heavy atom. The number of ether oxygens (including phenoxy) is 1. The Labute approximate surface area is 166 Å². The van der Waals surface area contributed by atoms with Crippen molar-refractivity contribution in [1.82, 2.24) is 10.3 Å². The minimum Gasteiger partial charge on any atom is -0.381 e. The summed E-state index contributed by atoms with van der Waals surface area (Å²) >= 11 is 0. The number of carbonyl (C=O) groups is 1. The Balaban J connectivity index is 1.35. The summed E-state index contributed by atoms with van der Waals surface area (Å²) in [6, 6.07) is 12.7. The van der Waals surface area contributed by atoms with E-state index in [-0.39, 0.29) is 11.7 Å². The molecule has 3 heterocycles. The fourth-order valence-electron chi connectivity index (χ4n) is 3.91. The van der Waals surface area contributed by atoms with Crippen LogP contribution in [0.1, 0.15) is 54.5 Å². The van der Waals surface area contributed by atoms with Crippen LogP contribution in [0.4, 0.5) is 0 Å². The van der Waals surface area contributed by atoms with Crippen LogP contribution in [-0.4, -0.2) is 35.9 Å². The van der Waals surface area contributed by atoms with Crippen molar-refractivity contribution in [2.24, 2.45) is 4.99 Å². The third-order valence-electron chi connectivity index (χ3n) is 5.55. The molecule has 0 bridgehead atoms. The quantitative estimate of drug-likeness (QED) is 0.838. The first-order valence-electron chi connectivity index (χ1n) is 10.1. The standard InChI is InChI=1S/C23H27N3O2/c1-16(17-5-3-2-4-6-17)11-21(27)13-20-12-18-14-25-23(22(18)15-24-20)26-19-7-9-28-10-8-19/h2-6,12,15-16,19H,7-11,13-14H2,1H3,(H,25,26)/t16-/m0/s1. The van der Waals surface area contributed by atoms with Gasteiger partial charge in [0, 0.05) is 49.6 Å². The van der Waals surface area contributed by atoms with Gasteiger partial charge in [0.05, 0.1) is 6.54 Å². The molecule has 1 N–H and O–H groups in total. The highest BCUT2D eigenvalue weighted by molar-refractivity contribution is 6.02. The molecule has 5 nitrogen and oxygen atoms in total. The topological polar surface area (TPSA) is 63.6 Å². The van der Waals surface area contributed by atoms with Crippen molar-refractivity contribution in [3.8, 4) is 0 Å². The van der Waals surface area contributed by atoms with E-state index in [2.05, 4.69) is 34.3 Å². The largest absolute Gasteiger partial charge is 0.381 e. The summed E-state index contributed by atoms with van der Waals surface area (Å²) in [7, 11) is 0. The van der Waals surface area contributed by atoms with Crippen LogP contribution >= 0.6 is 0 Å². The van der Waals surface area contributed by atoms with Crippen LogP contribution in [0, 0.1) is 0 Å². The molecule has 28 heavy (non-hydrogen) atoms. The van der Waals surface area contributed by atoms with E-state index >= 15 is 0 Å². The maximum absolute atomic E-state index is 12.5. The number of ketones is 1. The Bertz CT molecular complexity index is 857. The van der Waals surface area contributed by atoms with Gasteiger partial charge in [-0.3, -0.25) is 14.8 Å². The van der Waals surface area contributed by atoms with Gasteiger partial charge in [-0.2, -0.15) is 0 Å². The van der Waals surface area contributed by atoms with Crippen LogP contribution < -0.4 is 5.32 Å². The van der Waals surface area contributed by atoms with Crippen molar-refractivity contribution in [3.63, 3.8) is 0 Å². The summed E-state index contributed by atoms with van der Waals surface area (Å²) in [4.78, 5) is 21.7. The molecule has 4 rings (SSSR count). The second kappa shape index (κ2) is 8.65. The van der Waals surface area contributed by atoms with Crippen molar-refractivity contribution < 1.29 is 9.53 Å². The predicted octanol–water partition coefficient (Wildman–Crippen LogP) is 3.42. The lowest BCUT2D eigenvalue weighted by atomic mass is 9.94. The van der Waals surface area contributed by atoms with Gasteiger partial charge in [0.2, 0.25) is 0 Å². The lowest BCUT2D eigenvalue weighted by molar-refractivity contribution is -0.118. The van der Waals surface area contributed by atoms with Crippen LogP contribution in [0.2, 0.25) is 0 Å². The van der Waals surface area contributed by atoms with E-state index in [1.165, 1.54) is 5.56 Å². The summed E-state index contributed by atoms with van der Waals surface area (Å²) < 4.78 is 5.42. The fourth-order valence-corrected chi connectivity index (χ4v) is 3.91. The smallest absolute Gasteiger partial charge is 0.139 e. The number of amidine groups is 1. The Morgan fingerprint density at radius 2 is 2.04 bits per heavy atom. The highest BCUT2D eigenvalue weighted by Crippen LogP contribution is 2.22. The number of nitrogens with one attached hydrogen (secondary N) is 1. The molecule has 1 atom stereocenters. The molecule has 0 aliphatic carbocycles. The van der Waals surface area contributed by atoms with Gasteiger partial charge in [-0.05, 0) is 36.0 Å². The third-order valence-corrected chi connectivity index (χ3v) is 5.55. The van der Waals surface area contributed by atoms with Gasteiger partial charge in [-0.25, -0.2) is 0 Å². The van der Waals surface area contributed by atoms with E-state index in [9.17, 15) is 4.79 Å². The summed E-state index contributed by atoms with van der Waals surface area (Å²) in [5, 5.41) is 3.54. The number of rotatable bonds is 6. The molecule has 2 aliphatic rings. The number of fused-ring (bicyclic) bond motifs is 1. The van der Waals surface area contributed by atoms with Gasteiger partial charge < -0.3 is 10.1 Å². The first-order chi connectivity index (χ1) is 13.7. The van der Waals surface area contributed by atoms with Gasteiger partial charge >= 0.3 is 0 Å². The lowest BCUT2D eigenvalue weighted by Gasteiger charge is -2.24. The van der Waals surface area contributed by atoms with Crippen molar-refractivity contribution in [2.75, 3.05) is 13.2 Å². The molecule has 2 aromatic rings. The number of hydrogen-bond donors (Lipinski definition) is 1. The van der Waals surface area contributed by atoms with Crippen LogP contribution in [-0.2, 0) is 22.5 Å². The molecule has 0 unspecified atom stereocenters.